The maximum Gasteiger partial charge on any atom is 0.0953 e. The second-order valence-corrected chi connectivity index (χ2v) is 4.09. The van der Waals surface area contributed by atoms with E-state index < -0.39 is 0 Å². The quantitative estimate of drug-likeness (QED) is 0.885. The van der Waals surface area contributed by atoms with Crippen molar-refractivity contribution < 1.29 is 0 Å². The minimum absolute atomic E-state index is 0.699. The zero-order valence-electron chi connectivity index (χ0n) is 8.94. The SMILES string of the molecule is NCCCn1cnc(-c2cccc(Cl)c2)c1. The topological polar surface area (TPSA) is 43.8 Å². The molecule has 0 fully saturated rings. The van der Waals surface area contributed by atoms with Crippen molar-refractivity contribution in [2.24, 2.45) is 5.73 Å². The molecule has 2 aromatic rings. The van der Waals surface area contributed by atoms with E-state index >= 15 is 0 Å². The van der Waals surface area contributed by atoms with Gasteiger partial charge in [0, 0.05) is 23.3 Å². The summed E-state index contributed by atoms with van der Waals surface area (Å²) in [5.41, 5.74) is 7.45. The van der Waals surface area contributed by atoms with E-state index in [1.807, 2.05) is 41.4 Å². The minimum Gasteiger partial charge on any atom is -0.337 e. The van der Waals surface area contributed by atoms with Gasteiger partial charge in [-0.05, 0) is 25.1 Å². The third-order valence-electron chi connectivity index (χ3n) is 2.37. The van der Waals surface area contributed by atoms with Crippen molar-refractivity contribution in [3.63, 3.8) is 0 Å². The van der Waals surface area contributed by atoms with Gasteiger partial charge in [-0.1, -0.05) is 23.7 Å². The lowest BCUT2D eigenvalue weighted by Gasteiger charge is -1.99. The highest BCUT2D eigenvalue weighted by atomic mass is 35.5. The van der Waals surface area contributed by atoms with E-state index in [0.29, 0.717) is 6.54 Å². The van der Waals surface area contributed by atoms with Crippen molar-refractivity contribution in [2.45, 2.75) is 13.0 Å². The Morgan fingerprint density at radius 3 is 3.00 bits per heavy atom. The van der Waals surface area contributed by atoms with Gasteiger partial charge in [0.2, 0.25) is 0 Å². The summed E-state index contributed by atoms with van der Waals surface area (Å²) in [5, 5.41) is 0.731. The highest BCUT2D eigenvalue weighted by Crippen LogP contribution is 2.20. The van der Waals surface area contributed by atoms with Crippen molar-refractivity contribution >= 4 is 11.6 Å². The molecule has 1 aromatic carbocycles. The molecular weight excluding hydrogens is 222 g/mol. The van der Waals surface area contributed by atoms with E-state index in [9.17, 15) is 0 Å². The fraction of sp³-hybridized carbons (Fsp3) is 0.250. The molecule has 0 radical (unpaired) electrons. The molecule has 84 valence electrons. The van der Waals surface area contributed by atoms with E-state index in [0.717, 1.165) is 29.2 Å². The molecule has 0 aliphatic heterocycles. The summed E-state index contributed by atoms with van der Waals surface area (Å²) in [6, 6.07) is 7.70. The molecule has 0 saturated heterocycles. The van der Waals surface area contributed by atoms with Crippen molar-refractivity contribution in [1.82, 2.24) is 9.55 Å². The average Bonchev–Trinajstić information content (AvgIpc) is 2.75. The molecule has 0 unspecified atom stereocenters. The summed E-state index contributed by atoms with van der Waals surface area (Å²) in [6.45, 7) is 1.61. The van der Waals surface area contributed by atoms with Crippen molar-refractivity contribution in [1.29, 1.82) is 0 Å². The van der Waals surface area contributed by atoms with Crippen LogP contribution in [0.5, 0.6) is 0 Å². The lowest BCUT2D eigenvalue weighted by molar-refractivity contribution is 0.650. The molecular formula is C12H14ClN3. The number of imidazole rings is 1. The lowest BCUT2D eigenvalue weighted by Crippen LogP contribution is -2.03. The first-order valence-corrected chi connectivity index (χ1v) is 5.65. The fourth-order valence-corrected chi connectivity index (χ4v) is 1.74. The number of halogens is 1. The summed E-state index contributed by atoms with van der Waals surface area (Å²) >= 11 is 5.93. The number of aromatic nitrogens is 2. The van der Waals surface area contributed by atoms with Crippen LogP contribution in [0.15, 0.2) is 36.8 Å². The van der Waals surface area contributed by atoms with Crippen molar-refractivity contribution in [2.75, 3.05) is 6.54 Å². The van der Waals surface area contributed by atoms with Crippen LogP contribution >= 0.6 is 11.6 Å². The number of nitrogens with two attached hydrogens (primary N) is 1. The second kappa shape index (κ2) is 5.14. The predicted molar refractivity (Wildman–Crippen MR) is 66.3 cm³/mol. The molecule has 0 saturated carbocycles. The molecule has 3 nitrogen and oxygen atoms in total. The molecule has 2 N–H and O–H groups in total. The van der Waals surface area contributed by atoms with Gasteiger partial charge < -0.3 is 10.3 Å². The van der Waals surface area contributed by atoms with E-state index in [1.165, 1.54) is 0 Å². The molecule has 1 heterocycles. The molecule has 0 atom stereocenters. The first-order valence-electron chi connectivity index (χ1n) is 5.27. The molecule has 0 aliphatic carbocycles. The molecule has 2 rings (SSSR count). The summed E-state index contributed by atoms with van der Waals surface area (Å²) in [4.78, 5) is 4.34. The molecule has 0 spiro atoms. The molecule has 4 heteroatoms. The van der Waals surface area contributed by atoms with Gasteiger partial charge in [-0.2, -0.15) is 0 Å². The Morgan fingerprint density at radius 1 is 1.38 bits per heavy atom. The normalized spacial score (nSPS) is 10.6. The fourth-order valence-electron chi connectivity index (χ4n) is 1.55. The average molecular weight is 236 g/mol. The molecule has 0 amide bonds. The Labute approximate surface area is 99.9 Å². The summed E-state index contributed by atoms with van der Waals surface area (Å²) in [5.74, 6) is 0. The van der Waals surface area contributed by atoms with E-state index in [-0.39, 0.29) is 0 Å². The van der Waals surface area contributed by atoms with Gasteiger partial charge in [0.25, 0.3) is 0 Å². The maximum absolute atomic E-state index is 5.93. The number of hydrogen-bond donors (Lipinski definition) is 1. The van der Waals surface area contributed by atoms with Crippen LogP contribution in [0, 0.1) is 0 Å². The first-order chi connectivity index (χ1) is 7.79. The number of hydrogen-bond acceptors (Lipinski definition) is 2. The highest BCUT2D eigenvalue weighted by molar-refractivity contribution is 6.30. The van der Waals surface area contributed by atoms with Gasteiger partial charge in [-0.15, -0.1) is 0 Å². The van der Waals surface area contributed by atoms with Gasteiger partial charge in [0.05, 0.1) is 12.0 Å². The zero-order chi connectivity index (χ0) is 11.4. The number of nitrogens with zero attached hydrogens (tertiary/aromatic N) is 2. The van der Waals surface area contributed by atoms with Crippen LogP contribution in [0.3, 0.4) is 0 Å². The zero-order valence-corrected chi connectivity index (χ0v) is 9.69. The number of aryl methyl sites for hydroxylation is 1. The molecule has 0 aliphatic rings. The van der Waals surface area contributed by atoms with Crippen LogP contribution in [0.25, 0.3) is 11.3 Å². The highest BCUT2D eigenvalue weighted by Gasteiger charge is 2.02. The minimum atomic E-state index is 0.699. The summed E-state index contributed by atoms with van der Waals surface area (Å²) < 4.78 is 2.04. The van der Waals surface area contributed by atoms with Gasteiger partial charge in [0.15, 0.2) is 0 Å². The standard InChI is InChI=1S/C12H14ClN3/c13-11-4-1-3-10(7-11)12-8-16(9-15-12)6-2-5-14/h1,3-4,7-9H,2,5-6,14H2. The molecule has 1 aromatic heterocycles. The Kier molecular flexibility index (Phi) is 3.59. The van der Waals surface area contributed by atoms with Crippen LogP contribution in [0.2, 0.25) is 5.02 Å². The van der Waals surface area contributed by atoms with Crippen LogP contribution in [0.1, 0.15) is 6.42 Å². The van der Waals surface area contributed by atoms with Gasteiger partial charge >= 0.3 is 0 Å². The largest absolute Gasteiger partial charge is 0.337 e. The third kappa shape index (κ3) is 2.62. The van der Waals surface area contributed by atoms with Crippen LogP contribution < -0.4 is 5.73 Å². The Hall–Kier alpha value is -1.32. The maximum atomic E-state index is 5.93. The van der Waals surface area contributed by atoms with Gasteiger partial charge in [0.1, 0.15) is 0 Å². The smallest absolute Gasteiger partial charge is 0.0953 e. The van der Waals surface area contributed by atoms with Crippen LogP contribution in [0.4, 0.5) is 0 Å². The van der Waals surface area contributed by atoms with Gasteiger partial charge in [-0.3, -0.25) is 0 Å². The van der Waals surface area contributed by atoms with Crippen LogP contribution in [-0.4, -0.2) is 16.1 Å². The summed E-state index contributed by atoms with van der Waals surface area (Å²) in [6.07, 6.45) is 4.80. The Bertz CT molecular complexity index is 465. The van der Waals surface area contributed by atoms with E-state index in [1.54, 1.807) is 0 Å². The van der Waals surface area contributed by atoms with E-state index in [2.05, 4.69) is 4.98 Å². The molecule has 16 heavy (non-hydrogen) atoms. The Morgan fingerprint density at radius 2 is 2.25 bits per heavy atom. The monoisotopic (exact) mass is 235 g/mol. The van der Waals surface area contributed by atoms with Crippen molar-refractivity contribution in [3.05, 3.63) is 41.8 Å². The number of rotatable bonds is 4. The predicted octanol–water partition coefficient (Wildman–Crippen LogP) is 2.55. The van der Waals surface area contributed by atoms with Gasteiger partial charge in [-0.25, -0.2) is 4.98 Å². The second-order valence-electron chi connectivity index (χ2n) is 3.65. The van der Waals surface area contributed by atoms with E-state index in [4.69, 9.17) is 17.3 Å². The third-order valence-corrected chi connectivity index (χ3v) is 2.61. The summed E-state index contributed by atoms with van der Waals surface area (Å²) in [7, 11) is 0. The van der Waals surface area contributed by atoms with Crippen LogP contribution in [-0.2, 0) is 6.54 Å². The Balaban J connectivity index is 2.18. The lowest BCUT2D eigenvalue weighted by atomic mass is 10.2. The number of benzene rings is 1. The molecule has 0 bridgehead atoms. The first kappa shape index (κ1) is 11.2. The van der Waals surface area contributed by atoms with Crippen molar-refractivity contribution in [3.8, 4) is 11.3 Å².